The van der Waals surface area contributed by atoms with Gasteiger partial charge >= 0.3 is 12.3 Å². The molecule has 0 unspecified atom stereocenters. The van der Waals surface area contributed by atoms with E-state index in [0.717, 1.165) is 12.1 Å². The first-order chi connectivity index (χ1) is 9.26. The molecule has 0 saturated heterocycles. The highest BCUT2D eigenvalue weighted by Crippen LogP contribution is 2.31. The Morgan fingerprint density at radius 3 is 2.60 bits per heavy atom. The van der Waals surface area contributed by atoms with Gasteiger partial charge in [0.1, 0.15) is 5.75 Å². The van der Waals surface area contributed by atoms with E-state index in [1.54, 1.807) is 13.0 Å². The predicted octanol–water partition coefficient (Wildman–Crippen LogP) is 3.32. The zero-order valence-electron chi connectivity index (χ0n) is 10.3. The van der Waals surface area contributed by atoms with Crippen molar-refractivity contribution in [2.75, 3.05) is 6.61 Å². The third kappa shape index (κ3) is 4.74. The summed E-state index contributed by atoms with van der Waals surface area (Å²) in [5.74, 6) is -1.11. The number of halogens is 4. The number of nitriles is 1. The van der Waals surface area contributed by atoms with Gasteiger partial charge in [-0.15, -0.1) is 13.2 Å². The summed E-state index contributed by atoms with van der Waals surface area (Å²) in [6, 6.07) is 3.69. The van der Waals surface area contributed by atoms with Crippen molar-refractivity contribution in [3.63, 3.8) is 0 Å². The highest BCUT2D eigenvalue weighted by Gasteiger charge is 2.31. The molecule has 0 heterocycles. The smallest absolute Gasteiger partial charge is 0.466 e. The number of carbonyl (C=O) groups excluding carboxylic acids is 1. The summed E-state index contributed by atoms with van der Waals surface area (Å²) < 4.78 is 45.0. The van der Waals surface area contributed by atoms with Crippen LogP contribution in [-0.2, 0) is 16.0 Å². The first-order valence-corrected chi connectivity index (χ1v) is 6.20. The first kappa shape index (κ1) is 16.3. The number of carbonyl (C=O) groups is 1. The molecule has 0 radical (unpaired) electrons. The van der Waals surface area contributed by atoms with Crippen LogP contribution in [0.25, 0.3) is 0 Å². The summed E-state index contributed by atoms with van der Waals surface area (Å²) in [4.78, 5) is 11.4. The van der Waals surface area contributed by atoms with Crippen molar-refractivity contribution in [2.45, 2.75) is 19.7 Å². The molecule has 0 atom stereocenters. The number of alkyl halides is 3. The Morgan fingerprint density at radius 1 is 1.45 bits per heavy atom. The monoisotopic (exact) mass is 351 g/mol. The van der Waals surface area contributed by atoms with Gasteiger partial charge in [0.05, 0.1) is 24.7 Å². The second kappa shape index (κ2) is 6.61. The van der Waals surface area contributed by atoms with E-state index in [4.69, 9.17) is 10.00 Å². The number of benzene rings is 1. The average molecular weight is 352 g/mol. The molecule has 0 aliphatic heterocycles. The van der Waals surface area contributed by atoms with Crippen molar-refractivity contribution in [1.82, 2.24) is 0 Å². The molecule has 1 aromatic rings. The lowest BCUT2D eigenvalue weighted by Crippen LogP contribution is -2.17. The standard InChI is InChI=1S/C12H9BrF3NO3/c1-2-19-11(18)5-9-7(6-17)3-8(4-10(9)13)20-12(14,15)16/h3-4H,2,5H2,1H3. The maximum Gasteiger partial charge on any atom is 0.573 e. The van der Waals surface area contributed by atoms with Gasteiger partial charge in [0, 0.05) is 4.47 Å². The SMILES string of the molecule is CCOC(=O)Cc1c(Br)cc(OC(F)(F)F)cc1C#N. The predicted molar refractivity (Wildman–Crippen MR) is 65.9 cm³/mol. The normalized spacial score (nSPS) is 10.8. The van der Waals surface area contributed by atoms with Crippen molar-refractivity contribution in [3.05, 3.63) is 27.7 Å². The molecule has 0 amide bonds. The highest BCUT2D eigenvalue weighted by molar-refractivity contribution is 9.10. The maximum atomic E-state index is 12.1. The molecule has 1 rings (SSSR count). The Labute approximate surface area is 121 Å². The quantitative estimate of drug-likeness (QED) is 0.780. The van der Waals surface area contributed by atoms with Crippen LogP contribution in [0.15, 0.2) is 16.6 Å². The first-order valence-electron chi connectivity index (χ1n) is 5.40. The summed E-state index contributed by atoms with van der Waals surface area (Å²) in [6.07, 6.45) is -5.07. The molecule has 0 saturated carbocycles. The van der Waals surface area contributed by atoms with Gasteiger partial charge in [0.25, 0.3) is 0 Å². The minimum Gasteiger partial charge on any atom is -0.466 e. The van der Waals surface area contributed by atoms with Crippen molar-refractivity contribution >= 4 is 21.9 Å². The Kier molecular flexibility index (Phi) is 5.39. The van der Waals surface area contributed by atoms with E-state index in [1.807, 2.05) is 0 Å². The molecule has 8 heteroatoms. The van der Waals surface area contributed by atoms with E-state index < -0.39 is 18.1 Å². The number of hydrogen-bond acceptors (Lipinski definition) is 4. The van der Waals surface area contributed by atoms with Crippen molar-refractivity contribution < 1.29 is 27.4 Å². The van der Waals surface area contributed by atoms with Crippen LogP contribution in [0.5, 0.6) is 5.75 Å². The lowest BCUT2D eigenvalue weighted by molar-refractivity contribution is -0.274. The van der Waals surface area contributed by atoms with Crippen LogP contribution in [0, 0.1) is 11.3 Å². The van der Waals surface area contributed by atoms with E-state index in [1.165, 1.54) is 0 Å². The second-order valence-corrected chi connectivity index (χ2v) is 4.43. The number of nitrogens with zero attached hydrogens (tertiary/aromatic N) is 1. The van der Waals surface area contributed by atoms with Crippen molar-refractivity contribution in [1.29, 1.82) is 5.26 Å². The molecule has 1 aromatic carbocycles. The van der Waals surface area contributed by atoms with Crippen LogP contribution >= 0.6 is 15.9 Å². The Morgan fingerprint density at radius 2 is 2.10 bits per heavy atom. The topological polar surface area (TPSA) is 59.3 Å². The van der Waals surface area contributed by atoms with Crippen molar-refractivity contribution in [3.8, 4) is 11.8 Å². The third-order valence-electron chi connectivity index (χ3n) is 2.15. The summed E-state index contributed by atoms with van der Waals surface area (Å²) in [5, 5.41) is 8.95. The summed E-state index contributed by atoms with van der Waals surface area (Å²) >= 11 is 3.02. The summed E-state index contributed by atoms with van der Waals surface area (Å²) in [7, 11) is 0. The van der Waals surface area contributed by atoms with E-state index in [9.17, 15) is 18.0 Å². The molecule has 0 spiro atoms. The molecular weight excluding hydrogens is 343 g/mol. The molecule has 0 N–H and O–H groups in total. The number of rotatable bonds is 4. The molecular formula is C12H9BrF3NO3. The van der Waals surface area contributed by atoms with E-state index >= 15 is 0 Å². The molecule has 0 bridgehead atoms. The fourth-order valence-electron chi connectivity index (χ4n) is 1.44. The zero-order valence-corrected chi connectivity index (χ0v) is 11.8. The second-order valence-electron chi connectivity index (χ2n) is 3.57. The van der Waals surface area contributed by atoms with Crippen LogP contribution in [-0.4, -0.2) is 18.9 Å². The van der Waals surface area contributed by atoms with Crippen LogP contribution < -0.4 is 4.74 Å². The molecule has 0 aliphatic rings. The lowest BCUT2D eigenvalue weighted by Gasteiger charge is -2.12. The maximum absolute atomic E-state index is 12.1. The van der Waals surface area contributed by atoms with Crippen molar-refractivity contribution in [2.24, 2.45) is 0 Å². The van der Waals surface area contributed by atoms with E-state index in [-0.39, 0.29) is 28.6 Å². The van der Waals surface area contributed by atoms with Gasteiger partial charge in [-0.3, -0.25) is 4.79 Å². The molecule has 0 aliphatic carbocycles. The van der Waals surface area contributed by atoms with Gasteiger partial charge in [-0.25, -0.2) is 0 Å². The Hall–Kier alpha value is -1.75. The average Bonchev–Trinajstić information content (AvgIpc) is 2.30. The highest BCUT2D eigenvalue weighted by atomic mass is 79.9. The number of ether oxygens (including phenoxy) is 2. The Balaban J connectivity index is 3.09. The third-order valence-corrected chi connectivity index (χ3v) is 2.86. The number of hydrogen-bond donors (Lipinski definition) is 0. The van der Waals surface area contributed by atoms with Crippen LogP contribution in [0.4, 0.5) is 13.2 Å². The fraction of sp³-hybridized carbons (Fsp3) is 0.333. The fourth-order valence-corrected chi connectivity index (χ4v) is 2.02. The molecule has 0 fully saturated rings. The van der Waals surface area contributed by atoms with Gasteiger partial charge in [0.2, 0.25) is 0 Å². The van der Waals surface area contributed by atoms with Gasteiger partial charge in [-0.05, 0) is 24.6 Å². The van der Waals surface area contributed by atoms with Gasteiger partial charge in [-0.1, -0.05) is 15.9 Å². The summed E-state index contributed by atoms with van der Waals surface area (Å²) in [6.45, 7) is 1.80. The number of esters is 1. The lowest BCUT2D eigenvalue weighted by atomic mass is 10.1. The largest absolute Gasteiger partial charge is 0.573 e. The van der Waals surface area contributed by atoms with E-state index in [0.29, 0.717) is 0 Å². The Bertz CT molecular complexity index is 552. The van der Waals surface area contributed by atoms with Gasteiger partial charge in [-0.2, -0.15) is 5.26 Å². The van der Waals surface area contributed by atoms with Crippen LogP contribution in [0.1, 0.15) is 18.1 Å². The van der Waals surface area contributed by atoms with E-state index in [2.05, 4.69) is 20.7 Å². The summed E-state index contributed by atoms with van der Waals surface area (Å²) in [5.41, 5.74) is 0.159. The molecule has 20 heavy (non-hydrogen) atoms. The minimum absolute atomic E-state index is 0.0910. The molecule has 108 valence electrons. The molecule has 4 nitrogen and oxygen atoms in total. The van der Waals surface area contributed by atoms with Gasteiger partial charge in [0.15, 0.2) is 0 Å². The van der Waals surface area contributed by atoms with Crippen LogP contribution in [0.2, 0.25) is 0 Å². The molecule has 0 aromatic heterocycles. The van der Waals surface area contributed by atoms with Crippen LogP contribution in [0.3, 0.4) is 0 Å². The zero-order chi connectivity index (χ0) is 15.3. The van der Waals surface area contributed by atoms with Gasteiger partial charge < -0.3 is 9.47 Å². The minimum atomic E-state index is -4.85.